The molecule has 1 aromatic carbocycles. The second-order valence-corrected chi connectivity index (χ2v) is 4.79. The van der Waals surface area contributed by atoms with Crippen LogP contribution >= 0.6 is 12.2 Å². The van der Waals surface area contributed by atoms with Crippen molar-refractivity contribution in [3.63, 3.8) is 0 Å². The van der Waals surface area contributed by atoms with Gasteiger partial charge in [0.15, 0.2) is 0 Å². The first-order valence-electron chi connectivity index (χ1n) is 5.70. The van der Waals surface area contributed by atoms with Crippen molar-refractivity contribution in [2.75, 3.05) is 11.9 Å². The van der Waals surface area contributed by atoms with E-state index in [1.165, 1.54) is 0 Å². The van der Waals surface area contributed by atoms with Crippen LogP contribution in [0, 0.1) is 6.92 Å². The molecule has 4 heteroatoms. The monoisotopic (exact) mass is 260 g/mol. The Kier molecular flexibility index (Phi) is 3.67. The summed E-state index contributed by atoms with van der Waals surface area (Å²) in [4.78, 5) is 2.60. The maximum atomic E-state index is 5.66. The molecule has 2 N–H and O–H groups in total. The number of hydrogen-bond acceptors (Lipinski definition) is 3. The number of aryl methyl sites for hydroxylation is 1. The minimum atomic E-state index is 0.441. The third-order valence-electron chi connectivity index (χ3n) is 2.92. The van der Waals surface area contributed by atoms with Crippen LogP contribution in [-0.2, 0) is 6.54 Å². The first kappa shape index (κ1) is 12.6. The van der Waals surface area contributed by atoms with Gasteiger partial charge in [-0.15, -0.1) is 0 Å². The molecule has 18 heavy (non-hydrogen) atoms. The van der Waals surface area contributed by atoms with Gasteiger partial charge in [-0.25, -0.2) is 0 Å². The van der Waals surface area contributed by atoms with Gasteiger partial charge >= 0.3 is 0 Å². The molecule has 0 aliphatic heterocycles. The van der Waals surface area contributed by atoms with Gasteiger partial charge in [-0.1, -0.05) is 12.2 Å². The lowest BCUT2D eigenvalue weighted by Gasteiger charge is -2.19. The largest absolute Gasteiger partial charge is 0.472 e. The highest BCUT2D eigenvalue weighted by atomic mass is 32.1. The molecule has 0 unspecified atom stereocenters. The molecule has 0 atom stereocenters. The molecule has 0 fully saturated rings. The maximum Gasteiger partial charge on any atom is 0.104 e. The second kappa shape index (κ2) is 5.23. The van der Waals surface area contributed by atoms with E-state index in [0.717, 1.165) is 28.9 Å². The number of nitrogens with zero attached hydrogens (tertiary/aromatic N) is 1. The molecular formula is C14H16N2OS. The molecule has 2 aromatic rings. The number of furan rings is 1. The zero-order valence-corrected chi connectivity index (χ0v) is 11.3. The third kappa shape index (κ3) is 2.71. The Morgan fingerprint density at radius 1 is 1.39 bits per heavy atom. The molecule has 0 radical (unpaired) electrons. The quantitative estimate of drug-likeness (QED) is 0.858. The molecule has 0 aliphatic rings. The first-order chi connectivity index (χ1) is 8.58. The maximum absolute atomic E-state index is 5.66. The van der Waals surface area contributed by atoms with Gasteiger partial charge in [-0.3, -0.25) is 0 Å². The summed E-state index contributed by atoms with van der Waals surface area (Å²) in [7, 11) is 2.04. The Morgan fingerprint density at radius 3 is 2.72 bits per heavy atom. The molecule has 3 nitrogen and oxygen atoms in total. The van der Waals surface area contributed by atoms with Crippen molar-refractivity contribution in [3.8, 4) is 0 Å². The molecule has 2 rings (SSSR count). The molecule has 1 heterocycles. The van der Waals surface area contributed by atoms with Gasteiger partial charge in [0, 0.05) is 30.4 Å². The molecule has 94 valence electrons. The second-order valence-electron chi connectivity index (χ2n) is 4.35. The Labute approximate surface area is 112 Å². The van der Waals surface area contributed by atoms with Crippen LogP contribution in [0.25, 0.3) is 0 Å². The van der Waals surface area contributed by atoms with Crippen molar-refractivity contribution in [1.82, 2.24) is 0 Å². The average molecular weight is 260 g/mol. The van der Waals surface area contributed by atoms with E-state index in [2.05, 4.69) is 11.0 Å². The van der Waals surface area contributed by atoms with Crippen molar-refractivity contribution in [2.24, 2.45) is 5.73 Å². The van der Waals surface area contributed by atoms with Crippen molar-refractivity contribution in [1.29, 1.82) is 0 Å². The summed E-state index contributed by atoms with van der Waals surface area (Å²) in [5.41, 5.74) is 9.97. The van der Waals surface area contributed by atoms with Crippen LogP contribution in [0.3, 0.4) is 0 Å². The van der Waals surface area contributed by atoms with Gasteiger partial charge in [-0.05, 0) is 36.8 Å². The number of rotatable bonds is 4. The zero-order valence-electron chi connectivity index (χ0n) is 10.5. The van der Waals surface area contributed by atoms with Crippen LogP contribution < -0.4 is 10.6 Å². The minimum Gasteiger partial charge on any atom is -0.472 e. The van der Waals surface area contributed by atoms with Gasteiger partial charge < -0.3 is 15.1 Å². The lowest BCUT2D eigenvalue weighted by molar-refractivity contribution is 0.563. The van der Waals surface area contributed by atoms with Gasteiger partial charge in [-0.2, -0.15) is 0 Å². The van der Waals surface area contributed by atoms with Gasteiger partial charge in [0.05, 0.1) is 12.5 Å². The van der Waals surface area contributed by atoms with Crippen LogP contribution in [0.15, 0.2) is 41.2 Å². The Balaban J connectivity index is 2.18. The lowest BCUT2D eigenvalue weighted by Crippen LogP contribution is -2.17. The fraction of sp³-hybridized carbons (Fsp3) is 0.214. The number of anilines is 1. The zero-order chi connectivity index (χ0) is 13.1. The third-order valence-corrected chi connectivity index (χ3v) is 3.14. The number of benzene rings is 1. The topological polar surface area (TPSA) is 42.4 Å². The van der Waals surface area contributed by atoms with Crippen LogP contribution in [0.4, 0.5) is 5.69 Å². The number of thiocarbonyl (C=S) groups is 1. The number of hydrogen-bond donors (Lipinski definition) is 1. The van der Waals surface area contributed by atoms with E-state index < -0.39 is 0 Å². The van der Waals surface area contributed by atoms with E-state index in [1.54, 1.807) is 12.5 Å². The molecule has 0 bridgehead atoms. The van der Waals surface area contributed by atoms with Crippen LogP contribution in [0.1, 0.15) is 16.7 Å². The summed E-state index contributed by atoms with van der Waals surface area (Å²) in [5, 5.41) is 0. The fourth-order valence-corrected chi connectivity index (χ4v) is 2.14. The van der Waals surface area contributed by atoms with E-state index >= 15 is 0 Å². The van der Waals surface area contributed by atoms with Gasteiger partial charge in [0.2, 0.25) is 0 Å². The molecule has 0 saturated heterocycles. The SMILES string of the molecule is Cc1cc(N(C)Cc2ccoc2)ccc1C(N)=S. The summed E-state index contributed by atoms with van der Waals surface area (Å²) in [6.07, 6.45) is 3.44. The lowest BCUT2D eigenvalue weighted by atomic mass is 10.1. The van der Waals surface area contributed by atoms with Crippen molar-refractivity contribution in [3.05, 3.63) is 53.5 Å². The van der Waals surface area contributed by atoms with E-state index in [0.29, 0.717) is 4.99 Å². The smallest absolute Gasteiger partial charge is 0.104 e. The summed E-state index contributed by atoms with van der Waals surface area (Å²) in [5.74, 6) is 0. The summed E-state index contributed by atoms with van der Waals surface area (Å²) in [6, 6.07) is 8.06. The first-order valence-corrected chi connectivity index (χ1v) is 6.11. The molecule has 0 saturated carbocycles. The van der Waals surface area contributed by atoms with Crippen LogP contribution in [0.5, 0.6) is 0 Å². The average Bonchev–Trinajstić information content (AvgIpc) is 2.81. The minimum absolute atomic E-state index is 0.441. The predicted octanol–water partition coefficient (Wildman–Crippen LogP) is 2.86. The molecule has 0 amide bonds. The fourth-order valence-electron chi connectivity index (χ4n) is 1.91. The highest BCUT2D eigenvalue weighted by Gasteiger charge is 2.07. The van der Waals surface area contributed by atoms with Crippen molar-refractivity contribution < 1.29 is 4.42 Å². The highest BCUT2D eigenvalue weighted by Crippen LogP contribution is 2.20. The van der Waals surface area contributed by atoms with Gasteiger partial charge in [0.1, 0.15) is 4.99 Å². The Hall–Kier alpha value is -1.81. The number of nitrogens with two attached hydrogens (primary N) is 1. The molecule has 0 aliphatic carbocycles. The van der Waals surface area contributed by atoms with Crippen molar-refractivity contribution >= 4 is 22.9 Å². The standard InChI is InChI=1S/C14H16N2OS/c1-10-7-12(3-4-13(10)14(15)18)16(2)8-11-5-6-17-9-11/h3-7,9H,8H2,1-2H3,(H2,15,18). The summed E-state index contributed by atoms with van der Waals surface area (Å²) >= 11 is 5.00. The molecule has 1 aromatic heterocycles. The summed E-state index contributed by atoms with van der Waals surface area (Å²) in [6.45, 7) is 2.83. The highest BCUT2D eigenvalue weighted by molar-refractivity contribution is 7.80. The molecular weight excluding hydrogens is 244 g/mol. The van der Waals surface area contributed by atoms with E-state index in [9.17, 15) is 0 Å². The predicted molar refractivity (Wildman–Crippen MR) is 77.9 cm³/mol. The summed E-state index contributed by atoms with van der Waals surface area (Å²) < 4.78 is 5.07. The Bertz CT molecular complexity index is 549. The normalized spacial score (nSPS) is 10.3. The van der Waals surface area contributed by atoms with Gasteiger partial charge in [0.25, 0.3) is 0 Å². The van der Waals surface area contributed by atoms with E-state index in [-0.39, 0.29) is 0 Å². The Morgan fingerprint density at radius 2 is 2.17 bits per heavy atom. The molecule has 0 spiro atoms. The van der Waals surface area contributed by atoms with E-state index in [4.69, 9.17) is 22.4 Å². The van der Waals surface area contributed by atoms with E-state index in [1.807, 2.05) is 32.2 Å². The van der Waals surface area contributed by atoms with Crippen LogP contribution in [0.2, 0.25) is 0 Å². The van der Waals surface area contributed by atoms with Crippen LogP contribution in [-0.4, -0.2) is 12.0 Å². The van der Waals surface area contributed by atoms with Crippen molar-refractivity contribution in [2.45, 2.75) is 13.5 Å².